The maximum atomic E-state index is 13.2. The summed E-state index contributed by atoms with van der Waals surface area (Å²) in [5, 5.41) is 5.30. The third-order valence-electron chi connectivity index (χ3n) is 4.43. The van der Waals surface area contributed by atoms with E-state index in [2.05, 4.69) is 5.10 Å². The van der Waals surface area contributed by atoms with E-state index < -0.39 is 10.0 Å². The fourth-order valence-corrected chi connectivity index (χ4v) is 4.24. The number of hydrogen-bond donors (Lipinski definition) is 0. The van der Waals surface area contributed by atoms with Gasteiger partial charge in [0.05, 0.1) is 10.4 Å². The Morgan fingerprint density at radius 1 is 0.769 bits per heavy atom. The first-order chi connectivity index (χ1) is 12.5. The molecule has 5 heteroatoms. The number of benzene rings is 3. The lowest BCUT2D eigenvalue weighted by Crippen LogP contribution is -2.14. The molecule has 4 nitrogen and oxygen atoms in total. The van der Waals surface area contributed by atoms with Crippen LogP contribution in [0.15, 0.2) is 77.7 Å². The zero-order valence-electron chi connectivity index (χ0n) is 14.5. The molecule has 0 atom stereocenters. The highest BCUT2D eigenvalue weighted by Crippen LogP contribution is 2.30. The first-order valence-electron chi connectivity index (χ1n) is 8.34. The monoisotopic (exact) mass is 362 g/mol. The average molecular weight is 362 g/mol. The molecule has 0 fully saturated rings. The van der Waals surface area contributed by atoms with Crippen LogP contribution in [0.3, 0.4) is 0 Å². The molecule has 0 spiro atoms. The molecule has 0 aliphatic rings. The minimum absolute atomic E-state index is 0.229. The number of fused-ring (bicyclic) bond motifs is 1. The Kier molecular flexibility index (Phi) is 3.89. The van der Waals surface area contributed by atoms with Gasteiger partial charge in [0.25, 0.3) is 10.0 Å². The highest BCUT2D eigenvalue weighted by Gasteiger charge is 2.23. The van der Waals surface area contributed by atoms with Crippen molar-refractivity contribution in [1.82, 2.24) is 9.19 Å². The van der Waals surface area contributed by atoms with Gasteiger partial charge >= 0.3 is 0 Å². The minimum atomic E-state index is -3.77. The van der Waals surface area contributed by atoms with Gasteiger partial charge in [-0.2, -0.15) is 17.6 Å². The summed E-state index contributed by atoms with van der Waals surface area (Å²) >= 11 is 0. The second-order valence-corrected chi connectivity index (χ2v) is 8.16. The molecule has 26 heavy (non-hydrogen) atoms. The SMILES string of the molecule is Cc1ccc(-c2nn(S(=O)(=O)c3ccc(C)cc3)c3ccccc23)cc1. The smallest absolute Gasteiger partial charge is 0.199 e. The molecule has 4 rings (SSSR count). The lowest BCUT2D eigenvalue weighted by molar-refractivity contribution is 0.582. The molecule has 0 N–H and O–H groups in total. The van der Waals surface area contributed by atoms with Crippen LogP contribution in [0.5, 0.6) is 0 Å². The van der Waals surface area contributed by atoms with Gasteiger partial charge in [-0.15, -0.1) is 0 Å². The first-order valence-corrected chi connectivity index (χ1v) is 9.78. The highest BCUT2D eigenvalue weighted by atomic mass is 32.2. The summed E-state index contributed by atoms with van der Waals surface area (Å²) in [6.45, 7) is 3.94. The van der Waals surface area contributed by atoms with Crippen molar-refractivity contribution < 1.29 is 8.42 Å². The van der Waals surface area contributed by atoms with Crippen LogP contribution in [0.25, 0.3) is 22.2 Å². The van der Waals surface area contributed by atoms with Crippen molar-refractivity contribution in [1.29, 1.82) is 0 Å². The van der Waals surface area contributed by atoms with Crippen LogP contribution in [-0.4, -0.2) is 17.6 Å². The van der Waals surface area contributed by atoms with Crippen LogP contribution in [0.2, 0.25) is 0 Å². The summed E-state index contributed by atoms with van der Waals surface area (Å²) in [6.07, 6.45) is 0. The van der Waals surface area contributed by atoms with Crippen molar-refractivity contribution in [2.24, 2.45) is 0 Å². The Morgan fingerprint density at radius 3 is 2.00 bits per heavy atom. The molecule has 1 heterocycles. The maximum Gasteiger partial charge on any atom is 0.283 e. The molecule has 4 aromatic rings. The van der Waals surface area contributed by atoms with E-state index in [4.69, 9.17) is 0 Å². The first kappa shape index (κ1) is 16.5. The molecular formula is C21H18N2O2S. The van der Waals surface area contributed by atoms with Crippen LogP contribution in [0.1, 0.15) is 11.1 Å². The number of nitrogens with zero attached hydrogens (tertiary/aromatic N) is 2. The normalized spacial score (nSPS) is 11.8. The highest BCUT2D eigenvalue weighted by molar-refractivity contribution is 7.90. The van der Waals surface area contributed by atoms with Crippen molar-refractivity contribution in [3.63, 3.8) is 0 Å². The van der Waals surface area contributed by atoms with Crippen molar-refractivity contribution >= 4 is 20.9 Å². The van der Waals surface area contributed by atoms with Crippen LogP contribution in [0.4, 0.5) is 0 Å². The molecule has 0 bridgehead atoms. The van der Waals surface area contributed by atoms with Gasteiger partial charge in [0, 0.05) is 10.9 Å². The molecule has 0 saturated carbocycles. The Labute approximate surface area is 152 Å². The second-order valence-electron chi connectivity index (χ2n) is 6.39. The predicted octanol–water partition coefficient (Wildman–Crippen LogP) is 4.56. The topological polar surface area (TPSA) is 52.0 Å². The molecule has 3 aromatic carbocycles. The van der Waals surface area contributed by atoms with Gasteiger partial charge in [0.15, 0.2) is 0 Å². The quantitative estimate of drug-likeness (QED) is 0.537. The molecular weight excluding hydrogens is 344 g/mol. The largest absolute Gasteiger partial charge is 0.283 e. The minimum Gasteiger partial charge on any atom is -0.199 e. The molecule has 0 radical (unpaired) electrons. The van der Waals surface area contributed by atoms with E-state index >= 15 is 0 Å². The zero-order chi connectivity index (χ0) is 18.3. The molecule has 0 saturated heterocycles. The van der Waals surface area contributed by atoms with Crippen molar-refractivity contribution in [2.45, 2.75) is 18.7 Å². The summed E-state index contributed by atoms with van der Waals surface area (Å²) < 4.78 is 27.5. The van der Waals surface area contributed by atoms with Gasteiger partial charge in [0.1, 0.15) is 5.69 Å². The van der Waals surface area contributed by atoms with Gasteiger partial charge in [-0.05, 0) is 32.0 Å². The van der Waals surface area contributed by atoms with E-state index in [0.29, 0.717) is 11.2 Å². The van der Waals surface area contributed by atoms with E-state index in [9.17, 15) is 8.42 Å². The average Bonchev–Trinajstić information content (AvgIpc) is 3.03. The van der Waals surface area contributed by atoms with Gasteiger partial charge in [-0.25, -0.2) is 0 Å². The van der Waals surface area contributed by atoms with E-state index in [0.717, 1.165) is 26.2 Å². The van der Waals surface area contributed by atoms with Gasteiger partial charge in [0.2, 0.25) is 0 Å². The third kappa shape index (κ3) is 2.70. The fourth-order valence-electron chi connectivity index (χ4n) is 2.96. The molecule has 130 valence electrons. The Morgan fingerprint density at radius 2 is 1.35 bits per heavy atom. The number of aromatic nitrogens is 2. The van der Waals surface area contributed by atoms with Crippen molar-refractivity contribution in [3.05, 3.63) is 83.9 Å². The summed E-state index contributed by atoms with van der Waals surface area (Å²) in [6, 6.07) is 22.1. The number of hydrogen-bond acceptors (Lipinski definition) is 3. The van der Waals surface area contributed by atoms with Gasteiger partial charge in [-0.1, -0.05) is 65.7 Å². The summed E-state index contributed by atoms with van der Waals surface area (Å²) in [5.41, 5.74) is 4.28. The van der Waals surface area contributed by atoms with Crippen molar-refractivity contribution in [2.75, 3.05) is 0 Å². The van der Waals surface area contributed by atoms with Crippen LogP contribution >= 0.6 is 0 Å². The van der Waals surface area contributed by atoms with E-state index in [1.54, 1.807) is 30.3 Å². The summed E-state index contributed by atoms with van der Waals surface area (Å²) in [7, 11) is -3.77. The van der Waals surface area contributed by atoms with E-state index in [-0.39, 0.29) is 4.90 Å². The second kappa shape index (κ2) is 6.11. The van der Waals surface area contributed by atoms with Gasteiger partial charge < -0.3 is 0 Å². The summed E-state index contributed by atoms with van der Waals surface area (Å²) in [4.78, 5) is 0.229. The molecule has 0 aliphatic carbocycles. The van der Waals surface area contributed by atoms with E-state index in [1.807, 2.05) is 56.3 Å². The molecule has 1 aromatic heterocycles. The van der Waals surface area contributed by atoms with Crippen LogP contribution in [-0.2, 0) is 10.0 Å². The molecule has 0 unspecified atom stereocenters. The Bertz CT molecular complexity index is 1190. The van der Waals surface area contributed by atoms with Gasteiger partial charge in [-0.3, -0.25) is 0 Å². The van der Waals surface area contributed by atoms with Crippen molar-refractivity contribution in [3.8, 4) is 11.3 Å². The molecule has 0 amide bonds. The van der Waals surface area contributed by atoms with Crippen LogP contribution in [0, 0.1) is 13.8 Å². The zero-order valence-corrected chi connectivity index (χ0v) is 15.4. The lowest BCUT2D eigenvalue weighted by atomic mass is 10.1. The predicted molar refractivity (Wildman–Crippen MR) is 104 cm³/mol. The Hall–Kier alpha value is -2.92. The lowest BCUT2D eigenvalue weighted by Gasteiger charge is -2.06. The van der Waals surface area contributed by atoms with Crippen LogP contribution < -0.4 is 0 Å². The Balaban J connectivity index is 1.96. The number of aryl methyl sites for hydroxylation is 2. The van der Waals surface area contributed by atoms with E-state index in [1.165, 1.54) is 0 Å². The standard InChI is InChI=1S/C21H18N2O2S/c1-15-7-11-17(12-8-15)21-19-5-3-4-6-20(19)23(22-21)26(24,25)18-13-9-16(2)10-14-18/h3-14H,1-2H3. The maximum absolute atomic E-state index is 13.2. The number of rotatable bonds is 3. The summed E-state index contributed by atoms with van der Waals surface area (Å²) in [5.74, 6) is 0. The third-order valence-corrected chi connectivity index (χ3v) is 6.03. The fraction of sp³-hybridized carbons (Fsp3) is 0.0952. The number of para-hydroxylation sites is 1. The molecule has 0 aliphatic heterocycles.